The van der Waals surface area contributed by atoms with E-state index in [0.29, 0.717) is 36.2 Å². The van der Waals surface area contributed by atoms with Gasteiger partial charge in [-0.2, -0.15) is 4.31 Å². The van der Waals surface area contributed by atoms with Crippen LogP contribution in [0.25, 0.3) is 11.5 Å². The molecule has 11 nitrogen and oxygen atoms in total. The minimum Gasteiger partial charge on any atom is -0.403 e. The molecule has 0 spiro atoms. The highest BCUT2D eigenvalue weighted by Crippen LogP contribution is 2.27. The van der Waals surface area contributed by atoms with Crippen molar-refractivity contribution >= 4 is 33.6 Å². The molecule has 2 atom stereocenters. The zero-order valence-corrected chi connectivity index (χ0v) is 20.2. The van der Waals surface area contributed by atoms with Crippen LogP contribution in [0.15, 0.2) is 57.8 Å². The Kier molecular flexibility index (Phi) is 6.85. The van der Waals surface area contributed by atoms with Crippen LogP contribution in [0.3, 0.4) is 0 Å². The molecule has 1 saturated heterocycles. The quantitative estimate of drug-likeness (QED) is 0.298. The zero-order chi connectivity index (χ0) is 25.2. The lowest BCUT2D eigenvalue weighted by Crippen LogP contribution is -2.42. The molecule has 35 heavy (non-hydrogen) atoms. The summed E-state index contributed by atoms with van der Waals surface area (Å²) >= 11 is 0. The van der Waals surface area contributed by atoms with Crippen molar-refractivity contribution < 1.29 is 17.6 Å². The molecule has 3 aromatic rings. The van der Waals surface area contributed by atoms with Gasteiger partial charge in [-0.15, -0.1) is 5.10 Å². The molecular weight excluding hydrogens is 470 g/mol. The number of carbonyl (C=O) groups is 1. The van der Waals surface area contributed by atoms with Crippen LogP contribution < -0.4 is 16.4 Å². The second-order valence-corrected chi connectivity index (χ2v) is 10.7. The number of nitrogens with one attached hydrogen (secondary N) is 3. The molecule has 0 bridgehead atoms. The number of aromatic nitrogens is 2. The van der Waals surface area contributed by atoms with E-state index < -0.39 is 15.9 Å². The number of amides is 1. The van der Waals surface area contributed by atoms with Crippen molar-refractivity contribution in [1.29, 1.82) is 5.41 Å². The van der Waals surface area contributed by atoms with Crippen molar-refractivity contribution in [3.05, 3.63) is 54.1 Å². The van der Waals surface area contributed by atoms with Crippen molar-refractivity contribution in [2.45, 2.75) is 25.2 Å². The molecule has 2 aromatic carbocycles. The number of piperidine rings is 1. The number of hydrogen-bond acceptors (Lipinski definition) is 7. The van der Waals surface area contributed by atoms with E-state index in [1.807, 2.05) is 0 Å². The monoisotopic (exact) mass is 497 g/mol. The number of nitrogens with zero attached hydrogens (tertiary/aromatic N) is 3. The molecule has 1 aliphatic rings. The smallest absolute Gasteiger partial charge is 0.322 e. The topological polar surface area (TPSA) is 167 Å². The molecule has 0 radical (unpaired) electrons. The molecule has 4 rings (SSSR count). The molecule has 0 unspecified atom stereocenters. The maximum absolute atomic E-state index is 13.0. The summed E-state index contributed by atoms with van der Waals surface area (Å²) in [6.45, 7) is 5.08. The maximum Gasteiger partial charge on any atom is 0.322 e. The van der Waals surface area contributed by atoms with E-state index in [-0.39, 0.29) is 28.3 Å². The number of carbonyl (C=O) groups excluding carboxylic acids is 1. The van der Waals surface area contributed by atoms with Crippen molar-refractivity contribution in [3.63, 3.8) is 0 Å². The SMILES string of the molecule is C[C@@H]1C[C@H](C)CN(S(=O)(=O)c2ccc(C(=O)Nc3nnc(-c4ccc(NC(=N)N)cc4)o3)cc2)C1. The lowest BCUT2D eigenvalue weighted by molar-refractivity contribution is 0.102. The standard InChI is InChI=1S/C23H27N7O4S/c1-14-11-15(2)13-30(12-14)35(32,33)19-9-5-16(6-10-19)20(31)27-23-29-28-21(34-23)17-3-7-18(8-4-17)26-22(24)25/h3-10,14-15H,11-13H2,1-2H3,(H4,24,25,26)(H,27,29,31)/t14-,15+. The first kappa shape index (κ1) is 24.4. The van der Waals surface area contributed by atoms with Gasteiger partial charge in [-0.3, -0.25) is 15.5 Å². The van der Waals surface area contributed by atoms with Crippen molar-refractivity contribution in [1.82, 2.24) is 14.5 Å². The van der Waals surface area contributed by atoms with Gasteiger partial charge in [-0.05, 0) is 66.8 Å². The van der Waals surface area contributed by atoms with Crippen molar-refractivity contribution in [2.75, 3.05) is 23.7 Å². The number of benzene rings is 2. The number of anilines is 2. The minimum atomic E-state index is -3.63. The predicted octanol–water partition coefficient (Wildman–Crippen LogP) is 2.96. The van der Waals surface area contributed by atoms with Gasteiger partial charge in [0.05, 0.1) is 4.90 Å². The number of sulfonamides is 1. The van der Waals surface area contributed by atoms with E-state index in [4.69, 9.17) is 15.6 Å². The summed E-state index contributed by atoms with van der Waals surface area (Å²) in [6.07, 6.45) is 1.00. The third-order valence-corrected chi connectivity index (χ3v) is 7.49. The van der Waals surface area contributed by atoms with E-state index >= 15 is 0 Å². The van der Waals surface area contributed by atoms with Crippen LogP contribution in [0.5, 0.6) is 0 Å². The summed E-state index contributed by atoms with van der Waals surface area (Å²) in [7, 11) is -3.63. The van der Waals surface area contributed by atoms with Gasteiger partial charge in [0.2, 0.25) is 15.9 Å². The third kappa shape index (κ3) is 5.66. The van der Waals surface area contributed by atoms with Crippen LogP contribution in [0.1, 0.15) is 30.6 Å². The van der Waals surface area contributed by atoms with Gasteiger partial charge < -0.3 is 15.5 Å². The Labute approximate surface area is 203 Å². The second-order valence-electron chi connectivity index (χ2n) is 8.77. The van der Waals surface area contributed by atoms with Gasteiger partial charge in [0.25, 0.3) is 5.91 Å². The molecule has 1 fully saturated rings. The van der Waals surface area contributed by atoms with Crippen LogP contribution in [-0.2, 0) is 10.0 Å². The molecule has 0 saturated carbocycles. The molecular formula is C23H27N7O4S. The van der Waals surface area contributed by atoms with Crippen LogP contribution >= 0.6 is 0 Å². The fourth-order valence-corrected chi connectivity index (χ4v) is 5.82. The Hall–Kier alpha value is -3.77. The first-order chi connectivity index (χ1) is 16.6. The maximum atomic E-state index is 13.0. The molecule has 12 heteroatoms. The summed E-state index contributed by atoms with van der Waals surface area (Å²) in [4.78, 5) is 12.8. The van der Waals surface area contributed by atoms with Gasteiger partial charge in [0, 0.05) is 29.9 Å². The molecule has 5 N–H and O–H groups in total. The van der Waals surface area contributed by atoms with Crippen LogP contribution in [0, 0.1) is 17.2 Å². The first-order valence-corrected chi connectivity index (χ1v) is 12.5. The van der Waals surface area contributed by atoms with E-state index in [0.717, 1.165) is 6.42 Å². The molecule has 1 amide bonds. The molecule has 0 aliphatic carbocycles. The largest absolute Gasteiger partial charge is 0.403 e. The van der Waals surface area contributed by atoms with E-state index in [1.165, 1.54) is 28.6 Å². The van der Waals surface area contributed by atoms with Gasteiger partial charge in [-0.25, -0.2) is 8.42 Å². The fraction of sp³-hybridized carbons (Fsp3) is 0.304. The number of guanidine groups is 1. The Morgan fingerprint density at radius 2 is 1.66 bits per heavy atom. The molecule has 184 valence electrons. The van der Waals surface area contributed by atoms with Crippen molar-refractivity contribution in [2.24, 2.45) is 17.6 Å². The first-order valence-electron chi connectivity index (χ1n) is 11.1. The summed E-state index contributed by atoms with van der Waals surface area (Å²) in [5, 5.41) is 20.2. The number of nitrogens with two attached hydrogens (primary N) is 1. The summed E-state index contributed by atoms with van der Waals surface area (Å²) < 4.78 is 33.1. The van der Waals surface area contributed by atoms with Crippen LogP contribution in [0.4, 0.5) is 11.7 Å². The lowest BCUT2D eigenvalue weighted by atomic mass is 9.94. The van der Waals surface area contributed by atoms with E-state index in [2.05, 4.69) is 34.7 Å². The highest BCUT2D eigenvalue weighted by molar-refractivity contribution is 7.89. The highest BCUT2D eigenvalue weighted by atomic mass is 32.2. The number of hydrogen-bond donors (Lipinski definition) is 4. The minimum absolute atomic E-state index is 0.0936. The zero-order valence-electron chi connectivity index (χ0n) is 19.4. The predicted molar refractivity (Wildman–Crippen MR) is 131 cm³/mol. The van der Waals surface area contributed by atoms with Gasteiger partial charge >= 0.3 is 6.01 Å². The van der Waals surface area contributed by atoms with Crippen molar-refractivity contribution in [3.8, 4) is 11.5 Å². The van der Waals surface area contributed by atoms with E-state index in [9.17, 15) is 13.2 Å². The summed E-state index contributed by atoms with van der Waals surface area (Å²) in [5.74, 6) is 0.106. The molecule has 2 heterocycles. The second kappa shape index (κ2) is 9.84. The van der Waals surface area contributed by atoms with Crippen LogP contribution in [-0.4, -0.2) is 47.9 Å². The third-order valence-electron chi connectivity index (χ3n) is 5.65. The normalized spacial score (nSPS) is 18.7. The van der Waals surface area contributed by atoms with Gasteiger partial charge in [0.15, 0.2) is 5.96 Å². The number of rotatable bonds is 6. The molecule has 1 aromatic heterocycles. The molecule has 1 aliphatic heterocycles. The Balaban J connectivity index is 1.42. The van der Waals surface area contributed by atoms with Crippen LogP contribution in [0.2, 0.25) is 0 Å². The fourth-order valence-electron chi connectivity index (χ4n) is 4.14. The van der Waals surface area contributed by atoms with Gasteiger partial charge in [-0.1, -0.05) is 18.9 Å². The lowest BCUT2D eigenvalue weighted by Gasteiger charge is -2.34. The Morgan fingerprint density at radius 3 is 2.26 bits per heavy atom. The summed E-state index contributed by atoms with van der Waals surface area (Å²) in [6, 6.07) is 12.5. The van der Waals surface area contributed by atoms with Gasteiger partial charge in [0.1, 0.15) is 0 Å². The van der Waals surface area contributed by atoms with E-state index in [1.54, 1.807) is 24.3 Å². The Morgan fingerprint density at radius 1 is 1.03 bits per heavy atom. The average molecular weight is 498 g/mol. The Bertz CT molecular complexity index is 1310. The highest BCUT2D eigenvalue weighted by Gasteiger charge is 2.31. The average Bonchev–Trinajstić information content (AvgIpc) is 3.27. The summed E-state index contributed by atoms with van der Waals surface area (Å²) in [5.41, 5.74) is 6.80.